The van der Waals surface area contributed by atoms with E-state index in [2.05, 4.69) is 52.5 Å². The molecule has 0 saturated carbocycles. The van der Waals surface area contributed by atoms with Crippen molar-refractivity contribution in [1.82, 2.24) is 52.5 Å². The van der Waals surface area contributed by atoms with Crippen molar-refractivity contribution in [1.29, 1.82) is 0 Å². The van der Waals surface area contributed by atoms with E-state index in [1.54, 1.807) is 74.8 Å². The maximum absolute atomic E-state index is 14.5. The summed E-state index contributed by atoms with van der Waals surface area (Å²) in [4.78, 5) is 151. The number of aliphatic hydroxyl groups excluding tert-OH is 2. The van der Waals surface area contributed by atoms with E-state index in [-0.39, 0.29) is 25.2 Å². The maximum Gasteiger partial charge on any atom is 0.328 e. The summed E-state index contributed by atoms with van der Waals surface area (Å²) >= 11 is 0. The minimum atomic E-state index is -1.84. The molecule has 2 heterocycles. The Morgan fingerprint density at radius 1 is 0.545 bits per heavy atom. The number of nitrogens with two attached hydrogens (primary N) is 2. The van der Waals surface area contributed by atoms with Gasteiger partial charge in [0.25, 0.3) is 0 Å². The molecule has 4 rings (SSSR count). The first-order chi connectivity index (χ1) is 36.3. The number of rotatable bonds is 30. The summed E-state index contributed by atoms with van der Waals surface area (Å²) in [5.74, 6) is -12.4. The third-order valence-electron chi connectivity index (χ3n) is 12.2. The van der Waals surface area contributed by atoms with Crippen LogP contribution in [0.25, 0.3) is 21.8 Å². The van der Waals surface area contributed by atoms with E-state index in [1.165, 1.54) is 13.8 Å². The molecule has 0 spiro atoms. The number of carboxylic acids is 2. The van der Waals surface area contributed by atoms with Crippen LogP contribution in [0, 0.1) is 5.92 Å². The van der Waals surface area contributed by atoms with Gasteiger partial charge in [-0.25, -0.2) is 4.79 Å². The number of aliphatic carboxylic acids is 2. The number of fused-ring (bicyclic) bond motifs is 2. The molecular formula is C50H68N12O15. The predicted molar refractivity (Wildman–Crippen MR) is 275 cm³/mol. The average molecular weight is 1080 g/mol. The molecule has 10 atom stereocenters. The quantitative estimate of drug-likeness (QED) is 0.0246. The number of para-hydroxylation sites is 2. The lowest BCUT2D eigenvalue weighted by Crippen LogP contribution is -2.61. The first-order valence-electron chi connectivity index (χ1n) is 24.6. The van der Waals surface area contributed by atoms with Crippen LogP contribution in [0.15, 0.2) is 60.9 Å². The molecule has 0 fully saturated rings. The Kier molecular flexibility index (Phi) is 22.6. The van der Waals surface area contributed by atoms with Gasteiger partial charge >= 0.3 is 11.9 Å². The maximum atomic E-state index is 14.5. The first-order valence-corrected chi connectivity index (χ1v) is 24.6. The van der Waals surface area contributed by atoms with E-state index in [4.69, 9.17) is 11.5 Å². The minimum absolute atomic E-state index is 0.0695. The summed E-state index contributed by atoms with van der Waals surface area (Å²) in [5.41, 5.74) is 13.2. The second-order valence-electron chi connectivity index (χ2n) is 19.0. The number of H-pyrrole nitrogens is 2. The van der Waals surface area contributed by atoms with Crippen molar-refractivity contribution in [3.8, 4) is 0 Å². The number of primary amides is 1. The van der Waals surface area contributed by atoms with Crippen molar-refractivity contribution in [3.63, 3.8) is 0 Å². The molecule has 418 valence electrons. The zero-order chi connectivity index (χ0) is 57.3. The molecule has 2 aromatic carbocycles. The van der Waals surface area contributed by atoms with Gasteiger partial charge in [0.15, 0.2) is 6.04 Å². The molecule has 0 aliphatic rings. The fourth-order valence-electron chi connectivity index (χ4n) is 8.01. The number of hydrogen-bond acceptors (Lipinski definition) is 14. The SMILES string of the molecule is CC(C)CC(NC(=O)C(Cc1c[nH]c2ccccc12)NC(=O)C(CO)NC(=O)C(Cc1c[nH]c2ccccc12)NC(=O)C(CC(=O)O)NC(=O)C(C)NC(=O)C(C)N)C(=O)NC(CCC(N)=O)C(=O)NC(C(=O)O)C(C)O. The van der Waals surface area contributed by atoms with Gasteiger partial charge < -0.3 is 84.4 Å². The Hall–Kier alpha value is -8.43. The zero-order valence-corrected chi connectivity index (χ0v) is 43.0. The van der Waals surface area contributed by atoms with Crippen molar-refractivity contribution < 1.29 is 73.2 Å². The molecule has 0 bridgehead atoms. The van der Waals surface area contributed by atoms with Crippen molar-refractivity contribution in [2.45, 2.75) is 134 Å². The fourth-order valence-corrected chi connectivity index (χ4v) is 8.01. The summed E-state index contributed by atoms with van der Waals surface area (Å²) in [6.07, 6.45) is -0.892. The number of carbonyl (C=O) groups is 11. The Morgan fingerprint density at radius 3 is 1.43 bits per heavy atom. The molecule has 0 aliphatic heterocycles. The highest BCUT2D eigenvalue weighted by Crippen LogP contribution is 2.21. The van der Waals surface area contributed by atoms with E-state index >= 15 is 0 Å². The van der Waals surface area contributed by atoms with Crippen molar-refractivity contribution >= 4 is 86.9 Å². The highest BCUT2D eigenvalue weighted by atomic mass is 16.4. The van der Waals surface area contributed by atoms with E-state index in [1.807, 2.05) is 0 Å². The molecule has 0 saturated heterocycles. The van der Waals surface area contributed by atoms with Gasteiger partial charge in [-0.3, -0.25) is 47.9 Å². The van der Waals surface area contributed by atoms with Gasteiger partial charge in [0.2, 0.25) is 53.2 Å². The van der Waals surface area contributed by atoms with Crippen molar-refractivity contribution in [3.05, 3.63) is 72.1 Å². The molecular weight excluding hydrogens is 1010 g/mol. The van der Waals surface area contributed by atoms with E-state index in [0.717, 1.165) is 6.92 Å². The van der Waals surface area contributed by atoms with Crippen molar-refractivity contribution in [2.24, 2.45) is 17.4 Å². The van der Waals surface area contributed by atoms with E-state index in [0.29, 0.717) is 32.9 Å². The monoisotopic (exact) mass is 1080 g/mol. The molecule has 10 unspecified atom stereocenters. The van der Waals surface area contributed by atoms with Crippen LogP contribution in [0.5, 0.6) is 0 Å². The van der Waals surface area contributed by atoms with Crippen molar-refractivity contribution in [2.75, 3.05) is 6.61 Å². The van der Waals surface area contributed by atoms with Crippen LogP contribution in [0.2, 0.25) is 0 Å². The third kappa shape index (κ3) is 18.1. The predicted octanol–water partition coefficient (Wildman–Crippen LogP) is -3.08. The summed E-state index contributed by atoms with van der Waals surface area (Å²) < 4.78 is 0. The molecule has 4 aromatic rings. The van der Waals surface area contributed by atoms with E-state index < -0.39 is 151 Å². The molecule has 2 aromatic heterocycles. The van der Waals surface area contributed by atoms with Gasteiger partial charge in [-0.15, -0.1) is 0 Å². The fraction of sp³-hybridized carbons (Fsp3) is 0.460. The number of nitrogens with one attached hydrogen (secondary N) is 10. The number of carboxylic acid groups (broad SMARTS) is 2. The lowest BCUT2D eigenvalue weighted by atomic mass is 9.99. The van der Waals surface area contributed by atoms with Crippen LogP contribution in [0.3, 0.4) is 0 Å². The van der Waals surface area contributed by atoms with E-state index in [9.17, 15) is 73.2 Å². The zero-order valence-electron chi connectivity index (χ0n) is 43.0. The van der Waals surface area contributed by atoms with Gasteiger partial charge in [-0.1, -0.05) is 50.2 Å². The summed E-state index contributed by atoms with van der Waals surface area (Å²) in [6.45, 7) is 6.09. The normalized spacial score (nSPS) is 15.2. The molecule has 0 radical (unpaired) electrons. The lowest BCUT2D eigenvalue weighted by Gasteiger charge is -2.28. The highest BCUT2D eigenvalue weighted by Gasteiger charge is 2.36. The van der Waals surface area contributed by atoms with Gasteiger partial charge in [0.05, 0.1) is 25.2 Å². The molecule has 0 aliphatic carbocycles. The number of aromatic nitrogens is 2. The molecule has 27 nitrogen and oxygen atoms in total. The third-order valence-corrected chi connectivity index (χ3v) is 12.2. The minimum Gasteiger partial charge on any atom is -0.481 e. The van der Waals surface area contributed by atoms with Gasteiger partial charge in [-0.05, 0) is 62.8 Å². The van der Waals surface area contributed by atoms with Crippen LogP contribution in [0.1, 0.15) is 71.4 Å². The molecule has 27 heteroatoms. The van der Waals surface area contributed by atoms with Crippen LogP contribution in [0.4, 0.5) is 0 Å². The standard InChI is InChI=1S/C50H68N12O15/c1-23(2)16-34(45(71)56-33(14-15-39(52)65)44(70)62-41(26(5)64)50(76)77)58-46(72)35(17-27-20-53-31-12-8-6-10-29(27)31)60-49(75)38(22-63)61-47(73)36(18-28-21-54-32-13-9-7-11-30(28)32)59-48(74)37(19-40(66)67)57-43(69)25(4)55-42(68)24(3)51/h6-13,20-21,23-26,33-38,41,53-54,63-64H,14-19,22,51H2,1-5H3,(H2,52,65)(H,55,68)(H,56,71)(H,57,69)(H,58,72)(H,59,74)(H,60,75)(H,61,73)(H,62,70)(H,66,67)(H,76,77). The first kappa shape index (κ1) is 61.1. The molecule has 77 heavy (non-hydrogen) atoms. The Labute approximate surface area is 441 Å². The highest BCUT2D eigenvalue weighted by molar-refractivity contribution is 5.99. The Bertz CT molecular complexity index is 2790. The summed E-state index contributed by atoms with van der Waals surface area (Å²) in [5, 5.41) is 60.3. The topological polar surface area (TPSA) is 449 Å². The largest absolute Gasteiger partial charge is 0.481 e. The lowest BCUT2D eigenvalue weighted by molar-refractivity contribution is -0.145. The smallest absolute Gasteiger partial charge is 0.328 e. The number of amides is 9. The second kappa shape index (κ2) is 28.5. The van der Waals surface area contributed by atoms with Gasteiger partial charge in [-0.2, -0.15) is 0 Å². The summed E-state index contributed by atoms with van der Waals surface area (Å²) in [6, 6.07) is -0.115. The molecule has 18 N–H and O–H groups in total. The number of aromatic amines is 2. The van der Waals surface area contributed by atoms with Crippen LogP contribution in [-0.2, 0) is 65.6 Å². The van der Waals surface area contributed by atoms with Crippen LogP contribution >= 0.6 is 0 Å². The Balaban J connectivity index is 1.66. The molecule has 9 amide bonds. The summed E-state index contributed by atoms with van der Waals surface area (Å²) in [7, 11) is 0. The van der Waals surface area contributed by atoms with Gasteiger partial charge in [0, 0.05) is 53.5 Å². The van der Waals surface area contributed by atoms with Gasteiger partial charge in [0.1, 0.15) is 42.3 Å². The number of carbonyl (C=O) groups excluding carboxylic acids is 9. The average Bonchev–Trinajstić information content (AvgIpc) is 3.98. The van der Waals surface area contributed by atoms with Crippen LogP contribution < -0.4 is 54.0 Å². The number of hydrogen-bond donors (Lipinski definition) is 16. The second-order valence-corrected chi connectivity index (χ2v) is 19.0. The van der Waals surface area contributed by atoms with Crippen LogP contribution in [-0.4, -0.2) is 163 Å². The number of benzene rings is 2. The number of aliphatic hydroxyl groups is 2. The Morgan fingerprint density at radius 2 is 0.974 bits per heavy atom.